The highest BCUT2D eigenvalue weighted by molar-refractivity contribution is 5.90. The summed E-state index contributed by atoms with van der Waals surface area (Å²) in [5, 5.41) is 11.3. The van der Waals surface area contributed by atoms with Gasteiger partial charge in [0, 0.05) is 32.6 Å². The van der Waals surface area contributed by atoms with Crippen molar-refractivity contribution in [3.05, 3.63) is 47.5 Å². The topological polar surface area (TPSA) is 63.1 Å². The lowest BCUT2D eigenvalue weighted by molar-refractivity contribution is 0.0932. The van der Waals surface area contributed by atoms with E-state index in [4.69, 9.17) is 0 Å². The summed E-state index contributed by atoms with van der Waals surface area (Å²) < 4.78 is 2.01. The molecule has 0 radical (unpaired) electrons. The fourth-order valence-electron chi connectivity index (χ4n) is 3.78. The number of hydrogen-bond acceptors (Lipinski definition) is 4. The van der Waals surface area contributed by atoms with Gasteiger partial charge in [-0.15, -0.1) is 10.2 Å². The van der Waals surface area contributed by atoms with E-state index in [1.807, 2.05) is 34.9 Å². The van der Waals surface area contributed by atoms with E-state index in [9.17, 15) is 4.79 Å². The first-order chi connectivity index (χ1) is 11.2. The van der Waals surface area contributed by atoms with E-state index in [1.54, 1.807) is 0 Å². The van der Waals surface area contributed by atoms with Gasteiger partial charge in [0.25, 0.3) is 5.91 Å². The average molecular weight is 311 g/mol. The van der Waals surface area contributed by atoms with Gasteiger partial charge in [-0.05, 0) is 24.4 Å². The van der Waals surface area contributed by atoms with Gasteiger partial charge in [-0.2, -0.15) is 0 Å². The van der Waals surface area contributed by atoms with Crippen molar-refractivity contribution in [1.82, 2.24) is 25.0 Å². The first-order valence-corrected chi connectivity index (χ1v) is 8.13. The Morgan fingerprint density at radius 3 is 2.78 bits per heavy atom. The fourth-order valence-corrected chi connectivity index (χ4v) is 3.78. The molecule has 1 aromatic heterocycles. The van der Waals surface area contributed by atoms with E-state index in [0.717, 1.165) is 37.4 Å². The van der Waals surface area contributed by atoms with Crippen LogP contribution in [-0.2, 0) is 19.5 Å². The van der Waals surface area contributed by atoms with Crippen LogP contribution in [0.3, 0.4) is 0 Å². The summed E-state index contributed by atoms with van der Waals surface area (Å²) in [6, 6.07) is 9.90. The molecule has 3 heterocycles. The van der Waals surface area contributed by atoms with Crippen LogP contribution in [0.1, 0.15) is 22.0 Å². The first-order valence-electron chi connectivity index (χ1n) is 8.13. The van der Waals surface area contributed by atoms with E-state index in [2.05, 4.69) is 27.5 Å². The van der Waals surface area contributed by atoms with Gasteiger partial charge >= 0.3 is 0 Å². The Bertz CT molecular complexity index is 711. The molecule has 0 spiro atoms. The summed E-state index contributed by atoms with van der Waals surface area (Å²) in [6.45, 7) is 3.57. The number of aromatic nitrogens is 3. The smallest absolute Gasteiger partial charge is 0.289 e. The minimum absolute atomic E-state index is 0.141. The molecule has 1 fully saturated rings. The van der Waals surface area contributed by atoms with E-state index < -0.39 is 0 Å². The molecule has 6 nitrogen and oxygen atoms in total. The Labute approximate surface area is 135 Å². The third-order valence-electron chi connectivity index (χ3n) is 4.95. The Kier molecular flexibility index (Phi) is 3.61. The van der Waals surface area contributed by atoms with Crippen LogP contribution in [-0.4, -0.2) is 45.7 Å². The molecule has 1 amide bonds. The number of fused-ring (bicyclic) bond motifs is 2. The average Bonchev–Trinajstić information content (AvgIpc) is 3.12. The van der Waals surface area contributed by atoms with Crippen molar-refractivity contribution in [2.75, 3.05) is 20.1 Å². The van der Waals surface area contributed by atoms with Crippen LogP contribution in [0.2, 0.25) is 0 Å². The predicted molar refractivity (Wildman–Crippen MR) is 85.8 cm³/mol. The van der Waals surface area contributed by atoms with Gasteiger partial charge in [-0.25, -0.2) is 0 Å². The lowest BCUT2D eigenvalue weighted by atomic mass is 9.89. The summed E-state index contributed by atoms with van der Waals surface area (Å²) in [4.78, 5) is 14.8. The number of rotatable bonds is 3. The molecule has 4 rings (SSSR count). The second-order valence-corrected chi connectivity index (χ2v) is 6.66. The van der Waals surface area contributed by atoms with E-state index in [1.165, 1.54) is 0 Å². The number of benzene rings is 1. The summed E-state index contributed by atoms with van der Waals surface area (Å²) in [5.41, 5.74) is 1.08. The molecule has 1 saturated heterocycles. The van der Waals surface area contributed by atoms with Gasteiger partial charge in [0.05, 0.1) is 0 Å². The zero-order valence-corrected chi connectivity index (χ0v) is 13.3. The van der Waals surface area contributed by atoms with Gasteiger partial charge in [-0.1, -0.05) is 30.3 Å². The van der Waals surface area contributed by atoms with Crippen molar-refractivity contribution >= 4 is 5.91 Å². The molecule has 0 unspecified atom stereocenters. The van der Waals surface area contributed by atoms with Gasteiger partial charge < -0.3 is 14.8 Å². The molecule has 0 saturated carbocycles. The number of carbonyl (C=O) groups is 1. The highest BCUT2D eigenvalue weighted by atomic mass is 16.2. The standard InChI is InChI=1S/C17H21N5O/c1-21-9-13-7-15-19-20-16(22(15)11-14(13)10-21)17(23)18-8-12-5-3-2-4-6-12/h2-6,13-14H,7-11H2,1H3,(H,18,23)/t13-,14+/m0/s1. The number of hydrogen-bond donors (Lipinski definition) is 1. The molecule has 1 aromatic carbocycles. The van der Waals surface area contributed by atoms with Gasteiger partial charge in [-0.3, -0.25) is 4.79 Å². The van der Waals surface area contributed by atoms with Crippen molar-refractivity contribution in [3.63, 3.8) is 0 Å². The molecule has 23 heavy (non-hydrogen) atoms. The molecular formula is C17H21N5O. The lowest BCUT2D eigenvalue weighted by Crippen LogP contribution is -2.32. The van der Waals surface area contributed by atoms with Crippen LogP contribution in [0.4, 0.5) is 0 Å². The molecule has 6 heteroatoms. The van der Waals surface area contributed by atoms with Crippen LogP contribution < -0.4 is 5.32 Å². The molecule has 120 valence electrons. The normalized spacial score (nSPS) is 23.3. The zero-order chi connectivity index (χ0) is 15.8. The zero-order valence-electron chi connectivity index (χ0n) is 13.3. The van der Waals surface area contributed by atoms with E-state index in [0.29, 0.717) is 24.2 Å². The van der Waals surface area contributed by atoms with E-state index in [-0.39, 0.29) is 5.91 Å². The number of carbonyl (C=O) groups excluding carboxylic acids is 1. The Morgan fingerprint density at radius 1 is 1.17 bits per heavy atom. The van der Waals surface area contributed by atoms with Gasteiger partial charge in [0.1, 0.15) is 5.82 Å². The summed E-state index contributed by atoms with van der Waals surface area (Å²) in [5.74, 6) is 2.51. The maximum absolute atomic E-state index is 12.5. The highest BCUT2D eigenvalue weighted by Crippen LogP contribution is 2.31. The number of nitrogens with zero attached hydrogens (tertiary/aromatic N) is 4. The van der Waals surface area contributed by atoms with Crippen molar-refractivity contribution in [3.8, 4) is 0 Å². The van der Waals surface area contributed by atoms with Crippen LogP contribution in [0, 0.1) is 11.8 Å². The molecule has 2 atom stereocenters. The maximum Gasteiger partial charge on any atom is 0.289 e. The van der Waals surface area contributed by atoms with Crippen LogP contribution >= 0.6 is 0 Å². The second kappa shape index (κ2) is 5.77. The predicted octanol–water partition coefficient (Wildman–Crippen LogP) is 0.942. The molecule has 2 aromatic rings. The Morgan fingerprint density at radius 2 is 1.96 bits per heavy atom. The quantitative estimate of drug-likeness (QED) is 0.916. The Hall–Kier alpha value is -2.21. The van der Waals surface area contributed by atoms with Gasteiger partial charge in [0.15, 0.2) is 0 Å². The third-order valence-corrected chi connectivity index (χ3v) is 4.95. The monoisotopic (exact) mass is 311 g/mol. The van der Waals surface area contributed by atoms with Gasteiger partial charge in [0.2, 0.25) is 5.82 Å². The largest absolute Gasteiger partial charge is 0.345 e. The molecule has 0 bridgehead atoms. The second-order valence-electron chi connectivity index (χ2n) is 6.66. The minimum atomic E-state index is -0.141. The molecular weight excluding hydrogens is 290 g/mol. The highest BCUT2D eigenvalue weighted by Gasteiger charge is 2.37. The van der Waals surface area contributed by atoms with Crippen LogP contribution in [0.15, 0.2) is 30.3 Å². The first kappa shape index (κ1) is 14.4. The lowest BCUT2D eigenvalue weighted by Gasteiger charge is -2.25. The maximum atomic E-state index is 12.5. The summed E-state index contributed by atoms with van der Waals surface area (Å²) in [7, 11) is 2.16. The molecule has 2 aliphatic rings. The number of likely N-dealkylation sites (tertiary alicyclic amines) is 1. The SMILES string of the molecule is CN1C[C@@H]2Cn3c(nnc3C(=O)NCc3ccccc3)C[C@H]2C1. The van der Waals surface area contributed by atoms with Crippen molar-refractivity contribution < 1.29 is 4.79 Å². The fraction of sp³-hybridized carbons (Fsp3) is 0.471. The summed E-state index contributed by atoms with van der Waals surface area (Å²) in [6.07, 6.45) is 0.925. The molecule has 2 aliphatic heterocycles. The van der Waals surface area contributed by atoms with Crippen LogP contribution in [0.25, 0.3) is 0 Å². The summed E-state index contributed by atoms with van der Waals surface area (Å²) >= 11 is 0. The molecule has 0 aliphatic carbocycles. The number of amides is 1. The third kappa shape index (κ3) is 2.74. The minimum Gasteiger partial charge on any atom is -0.345 e. The van der Waals surface area contributed by atoms with Crippen molar-refractivity contribution in [2.24, 2.45) is 11.8 Å². The van der Waals surface area contributed by atoms with E-state index >= 15 is 0 Å². The molecule has 1 N–H and O–H groups in total. The van der Waals surface area contributed by atoms with Crippen molar-refractivity contribution in [1.29, 1.82) is 0 Å². The Balaban J connectivity index is 1.47. The van der Waals surface area contributed by atoms with Crippen molar-refractivity contribution in [2.45, 2.75) is 19.5 Å². The van der Waals surface area contributed by atoms with Crippen LogP contribution in [0.5, 0.6) is 0 Å². The number of nitrogens with one attached hydrogen (secondary N) is 1.